The second kappa shape index (κ2) is 8.40. The monoisotopic (exact) mass is 164 g/mol. The molecule has 0 aromatic rings. The van der Waals surface area contributed by atoms with Gasteiger partial charge in [-0.2, -0.15) is 0 Å². The van der Waals surface area contributed by atoms with Gasteiger partial charge in [-0.15, -0.1) is 12.5 Å². The smallest absolute Gasteiger partial charge is 0.0377 e. The largest absolute Gasteiger partial charge is 0.103 e. The van der Waals surface area contributed by atoms with Crippen LogP contribution in [0.25, 0.3) is 0 Å². The summed E-state index contributed by atoms with van der Waals surface area (Å²) in [4.78, 5) is 0. The van der Waals surface area contributed by atoms with Gasteiger partial charge in [-0.1, -0.05) is 38.7 Å². The van der Waals surface area contributed by atoms with E-state index in [-0.39, 0.29) is 0 Å². The lowest BCUT2D eigenvalue weighted by atomic mass is 10.1. The molecule has 0 unspecified atom stereocenters. The molecule has 0 bridgehead atoms. The lowest BCUT2D eigenvalue weighted by Crippen LogP contribution is -1.87. The third-order valence-electron chi connectivity index (χ3n) is 1.92. The first-order valence-electron chi connectivity index (χ1n) is 4.96. The van der Waals surface area contributed by atoms with E-state index < -0.39 is 0 Å². The molecule has 0 aliphatic rings. The molecule has 0 heterocycles. The summed E-state index contributed by atoms with van der Waals surface area (Å²) in [6.07, 6.45) is 7.91. The topological polar surface area (TPSA) is 0 Å². The van der Waals surface area contributed by atoms with E-state index in [1.807, 2.05) is 6.08 Å². The SMILES string of the molecule is C=C[C@H](C#CCCCCC)CC. The number of unbranched alkanes of at least 4 members (excludes halogenated alkanes) is 3. The standard InChI is InChI=1S/C12H20/c1-4-7-8-9-10-11-12(5-2)6-3/h5,12H,2,4,6-9H2,1,3H3/t12-/m0/s1. The van der Waals surface area contributed by atoms with Crippen LogP contribution in [-0.4, -0.2) is 0 Å². The minimum Gasteiger partial charge on any atom is -0.103 e. The Labute approximate surface area is 77.1 Å². The van der Waals surface area contributed by atoms with Gasteiger partial charge < -0.3 is 0 Å². The maximum Gasteiger partial charge on any atom is 0.0377 e. The maximum atomic E-state index is 3.74. The molecule has 1 atom stereocenters. The van der Waals surface area contributed by atoms with Gasteiger partial charge >= 0.3 is 0 Å². The fraction of sp³-hybridized carbons (Fsp3) is 0.667. The molecule has 0 radical (unpaired) electrons. The summed E-state index contributed by atoms with van der Waals surface area (Å²) in [6.45, 7) is 8.10. The van der Waals surface area contributed by atoms with Crippen LogP contribution < -0.4 is 0 Å². The molecule has 0 saturated heterocycles. The van der Waals surface area contributed by atoms with Crippen molar-refractivity contribution in [1.82, 2.24) is 0 Å². The third kappa shape index (κ3) is 6.04. The summed E-state index contributed by atoms with van der Waals surface area (Å²) in [6, 6.07) is 0. The predicted molar refractivity (Wildman–Crippen MR) is 55.9 cm³/mol. The van der Waals surface area contributed by atoms with Gasteiger partial charge in [0.2, 0.25) is 0 Å². The van der Waals surface area contributed by atoms with Crippen LogP contribution in [0.15, 0.2) is 12.7 Å². The van der Waals surface area contributed by atoms with Crippen LogP contribution in [0.5, 0.6) is 0 Å². The van der Waals surface area contributed by atoms with Crippen molar-refractivity contribution in [2.45, 2.75) is 46.0 Å². The molecule has 0 aliphatic carbocycles. The Morgan fingerprint density at radius 2 is 2.08 bits per heavy atom. The summed E-state index contributed by atoms with van der Waals surface area (Å²) in [5, 5.41) is 0. The second-order valence-corrected chi connectivity index (χ2v) is 3.03. The molecule has 12 heavy (non-hydrogen) atoms. The van der Waals surface area contributed by atoms with Crippen LogP contribution in [0, 0.1) is 17.8 Å². The highest BCUT2D eigenvalue weighted by Crippen LogP contribution is 2.02. The Kier molecular flexibility index (Phi) is 7.91. The van der Waals surface area contributed by atoms with Crippen molar-refractivity contribution in [2.24, 2.45) is 5.92 Å². The van der Waals surface area contributed by atoms with Crippen molar-refractivity contribution in [3.05, 3.63) is 12.7 Å². The van der Waals surface area contributed by atoms with Crippen molar-refractivity contribution >= 4 is 0 Å². The first kappa shape index (κ1) is 11.3. The fourth-order valence-electron chi connectivity index (χ4n) is 0.994. The van der Waals surface area contributed by atoms with E-state index in [0.29, 0.717) is 5.92 Å². The molecule has 0 aliphatic heterocycles. The molecule has 0 rings (SSSR count). The molecule has 0 amide bonds. The Balaban J connectivity index is 3.49. The molecule has 0 aromatic carbocycles. The highest BCUT2D eigenvalue weighted by molar-refractivity contribution is 5.08. The lowest BCUT2D eigenvalue weighted by Gasteiger charge is -1.96. The van der Waals surface area contributed by atoms with E-state index in [1.54, 1.807) is 0 Å². The number of hydrogen-bond donors (Lipinski definition) is 0. The number of rotatable bonds is 5. The molecular weight excluding hydrogens is 144 g/mol. The molecule has 0 fully saturated rings. The lowest BCUT2D eigenvalue weighted by molar-refractivity contribution is 0.734. The van der Waals surface area contributed by atoms with Gasteiger partial charge in [-0.3, -0.25) is 0 Å². The average Bonchev–Trinajstić information content (AvgIpc) is 2.11. The third-order valence-corrected chi connectivity index (χ3v) is 1.92. The van der Waals surface area contributed by atoms with E-state index in [0.717, 1.165) is 12.8 Å². The van der Waals surface area contributed by atoms with E-state index in [2.05, 4.69) is 32.3 Å². The van der Waals surface area contributed by atoms with Gasteiger partial charge in [-0.25, -0.2) is 0 Å². The summed E-state index contributed by atoms with van der Waals surface area (Å²) >= 11 is 0. The first-order chi connectivity index (χ1) is 5.85. The Morgan fingerprint density at radius 3 is 2.58 bits per heavy atom. The van der Waals surface area contributed by atoms with E-state index >= 15 is 0 Å². The van der Waals surface area contributed by atoms with Gasteiger partial charge in [0, 0.05) is 12.3 Å². The highest BCUT2D eigenvalue weighted by Gasteiger charge is 1.91. The van der Waals surface area contributed by atoms with E-state index in [4.69, 9.17) is 0 Å². The molecule has 68 valence electrons. The summed E-state index contributed by atoms with van der Waals surface area (Å²) in [5.74, 6) is 6.82. The molecule has 0 saturated carbocycles. The Bertz CT molecular complexity index is 157. The minimum absolute atomic E-state index is 0.409. The van der Waals surface area contributed by atoms with Crippen molar-refractivity contribution in [3.63, 3.8) is 0 Å². The molecule has 0 spiro atoms. The van der Waals surface area contributed by atoms with Crippen LogP contribution >= 0.6 is 0 Å². The zero-order valence-corrected chi connectivity index (χ0v) is 8.40. The van der Waals surface area contributed by atoms with Crippen molar-refractivity contribution in [2.75, 3.05) is 0 Å². The zero-order chi connectivity index (χ0) is 9.23. The van der Waals surface area contributed by atoms with Gasteiger partial charge in [0.05, 0.1) is 0 Å². The highest BCUT2D eigenvalue weighted by atomic mass is 13.9. The molecule has 0 N–H and O–H groups in total. The van der Waals surface area contributed by atoms with Crippen LogP contribution in [0.2, 0.25) is 0 Å². The molecule has 0 nitrogen and oxygen atoms in total. The molecule has 0 aromatic heterocycles. The molecule has 0 heteroatoms. The van der Waals surface area contributed by atoms with Gasteiger partial charge in [0.1, 0.15) is 0 Å². The second-order valence-electron chi connectivity index (χ2n) is 3.03. The summed E-state index contributed by atoms with van der Waals surface area (Å²) in [7, 11) is 0. The average molecular weight is 164 g/mol. The normalized spacial score (nSPS) is 11.5. The van der Waals surface area contributed by atoms with Crippen molar-refractivity contribution in [1.29, 1.82) is 0 Å². The van der Waals surface area contributed by atoms with Gasteiger partial charge in [0.15, 0.2) is 0 Å². The fourth-order valence-corrected chi connectivity index (χ4v) is 0.994. The van der Waals surface area contributed by atoms with E-state index in [9.17, 15) is 0 Å². The van der Waals surface area contributed by atoms with Crippen molar-refractivity contribution in [3.8, 4) is 11.8 Å². The minimum atomic E-state index is 0.409. The number of allylic oxidation sites excluding steroid dienone is 1. The molecular formula is C12H20. The van der Waals surface area contributed by atoms with Gasteiger partial charge in [0.25, 0.3) is 0 Å². The quantitative estimate of drug-likeness (QED) is 0.329. The van der Waals surface area contributed by atoms with Crippen LogP contribution in [0.4, 0.5) is 0 Å². The van der Waals surface area contributed by atoms with Crippen LogP contribution in [-0.2, 0) is 0 Å². The first-order valence-corrected chi connectivity index (χ1v) is 4.96. The Morgan fingerprint density at radius 1 is 1.33 bits per heavy atom. The maximum absolute atomic E-state index is 3.74. The Hall–Kier alpha value is -0.700. The van der Waals surface area contributed by atoms with Gasteiger partial charge in [-0.05, 0) is 12.8 Å². The van der Waals surface area contributed by atoms with Crippen LogP contribution in [0.3, 0.4) is 0 Å². The number of hydrogen-bond acceptors (Lipinski definition) is 0. The van der Waals surface area contributed by atoms with E-state index in [1.165, 1.54) is 19.3 Å². The van der Waals surface area contributed by atoms with Crippen LogP contribution in [0.1, 0.15) is 46.0 Å². The summed E-state index contributed by atoms with van der Waals surface area (Å²) in [5.41, 5.74) is 0. The zero-order valence-electron chi connectivity index (χ0n) is 8.40. The summed E-state index contributed by atoms with van der Waals surface area (Å²) < 4.78 is 0. The predicted octanol–water partition coefficient (Wildman–Crippen LogP) is 3.78. The van der Waals surface area contributed by atoms with Crippen molar-refractivity contribution < 1.29 is 0 Å².